The van der Waals surface area contributed by atoms with E-state index in [4.69, 9.17) is 11.5 Å². The Labute approximate surface area is 65.7 Å². The summed E-state index contributed by atoms with van der Waals surface area (Å²) in [4.78, 5) is 0. The Morgan fingerprint density at radius 2 is 2.20 bits per heavy atom. The summed E-state index contributed by atoms with van der Waals surface area (Å²) in [5, 5.41) is 0.653. The molecule has 4 atom stereocenters. The van der Waals surface area contributed by atoms with Crippen LogP contribution in [0.4, 0.5) is 0 Å². The maximum atomic E-state index is 5.94. The fourth-order valence-electron chi connectivity index (χ4n) is 2.04. The van der Waals surface area contributed by atoms with E-state index in [-0.39, 0.29) is 0 Å². The average molecular weight is 158 g/mol. The molecule has 2 nitrogen and oxygen atoms in total. The SMILES string of the molecule is CC12CC(N)C(CC1N)S2. The molecule has 0 spiro atoms. The predicted octanol–water partition coefficient (Wildman–Crippen LogP) is 0.309. The van der Waals surface area contributed by atoms with Gasteiger partial charge in [0.2, 0.25) is 0 Å². The monoisotopic (exact) mass is 158 g/mol. The van der Waals surface area contributed by atoms with Crippen molar-refractivity contribution in [2.75, 3.05) is 0 Å². The van der Waals surface area contributed by atoms with E-state index < -0.39 is 0 Å². The minimum atomic E-state index is 0.310. The lowest BCUT2D eigenvalue weighted by atomic mass is 9.84. The third-order valence-electron chi connectivity index (χ3n) is 2.81. The largest absolute Gasteiger partial charge is 0.327 e. The van der Waals surface area contributed by atoms with Gasteiger partial charge in [-0.25, -0.2) is 0 Å². The average Bonchev–Trinajstić information content (AvgIpc) is 2.20. The van der Waals surface area contributed by atoms with E-state index >= 15 is 0 Å². The van der Waals surface area contributed by atoms with Gasteiger partial charge in [-0.05, 0) is 19.8 Å². The maximum Gasteiger partial charge on any atom is 0.0301 e. The zero-order valence-corrected chi connectivity index (χ0v) is 7.03. The van der Waals surface area contributed by atoms with Crippen molar-refractivity contribution >= 4 is 11.8 Å². The second-order valence-corrected chi connectivity index (χ2v) is 5.45. The van der Waals surface area contributed by atoms with Gasteiger partial charge in [-0.1, -0.05) is 0 Å². The Balaban J connectivity index is 2.21. The molecule has 2 fully saturated rings. The van der Waals surface area contributed by atoms with Gasteiger partial charge in [0.05, 0.1) is 0 Å². The Kier molecular flexibility index (Phi) is 1.32. The van der Waals surface area contributed by atoms with Gasteiger partial charge in [0, 0.05) is 22.1 Å². The van der Waals surface area contributed by atoms with Crippen molar-refractivity contribution in [2.24, 2.45) is 11.5 Å². The smallest absolute Gasteiger partial charge is 0.0301 e. The highest BCUT2D eigenvalue weighted by molar-refractivity contribution is 8.01. The van der Waals surface area contributed by atoms with Crippen LogP contribution in [-0.2, 0) is 0 Å². The van der Waals surface area contributed by atoms with E-state index in [9.17, 15) is 0 Å². The van der Waals surface area contributed by atoms with Gasteiger partial charge < -0.3 is 11.5 Å². The van der Waals surface area contributed by atoms with Crippen LogP contribution >= 0.6 is 11.8 Å². The molecule has 0 aromatic carbocycles. The molecule has 0 saturated carbocycles. The molecule has 0 amide bonds. The zero-order valence-electron chi connectivity index (χ0n) is 6.21. The lowest BCUT2D eigenvalue weighted by molar-refractivity contribution is 0.379. The Morgan fingerprint density at radius 1 is 1.50 bits per heavy atom. The summed E-state index contributed by atoms with van der Waals surface area (Å²) < 4.78 is 0.310. The molecular formula is C7H14N2S. The zero-order chi connectivity index (χ0) is 7.35. The first-order chi connectivity index (χ1) is 4.62. The van der Waals surface area contributed by atoms with Crippen molar-refractivity contribution in [1.82, 2.24) is 0 Å². The Bertz CT molecular complexity index is 158. The fraction of sp³-hybridized carbons (Fsp3) is 1.00. The van der Waals surface area contributed by atoms with Crippen LogP contribution < -0.4 is 11.5 Å². The third kappa shape index (κ3) is 0.742. The minimum Gasteiger partial charge on any atom is -0.327 e. The third-order valence-corrected chi connectivity index (χ3v) is 4.66. The molecule has 3 heteroatoms. The lowest BCUT2D eigenvalue weighted by Gasteiger charge is -2.28. The highest BCUT2D eigenvalue weighted by Crippen LogP contribution is 2.52. The van der Waals surface area contributed by atoms with Crippen LogP contribution in [0.15, 0.2) is 0 Å². The molecule has 10 heavy (non-hydrogen) atoms. The van der Waals surface area contributed by atoms with Gasteiger partial charge in [-0.15, -0.1) is 11.8 Å². The standard InChI is InChI=1S/C7H14N2S/c1-7-3-4(8)5(10-7)2-6(7)9/h4-6H,2-3,8-9H2,1H3. The predicted molar refractivity (Wildman–Crippen MR) is 45.0 cm³/mol. The molecule has 2 heterocycles. The first-order valence-corrected chi connectivity index (χ1v) is 4.69. The molecule has 0 aromatic rings. The number of hydrogen-bond acceptors (Lipinski definition) is 3. The molecule has 2 aliphatic heterocycles. The summed E-state index contributed by atoms with van der Waals surface area (Å²) in [5.74, 6) is 0. The molecular weight excluding hydrogens is 144 g/mol. The molecule has 4 unspecified atom stereocenters. The van der Waals surface area contributed by atoms with Crippen LogP contribution in [0.1, 0.15) is 19.8 Å². The quantitative estimate of drug-likeness (QED) is 0.533. The fourth-order valence-corrected chi connectivity index (χ4v) is 3.87. The van der Waals surface area contributed by atoms with Crippen LogP contribution in [0.5, 0.6) is 0 Å². The van der Waals surface area contributed by atoms with E-state index in [0.717, 1.165) is 12.8 Å². The van der Waals surface area contributed by atoms with Crippen LogP contribution in [0.25, 0.3) is 0 Å². The highest BCUT2D eigenvalue weighted by Gasteiger charge is 2.51. The topological polar surface area (TPSA) is 52.0 Å². The van der Waals surface area contributed by atoms with E-state index in [1.165, 1.54) is 0 Å². The van der Waals surface area contributed by atoms with Gasteiger partial charge in [-0.2, -0.15) is 0 Å². The van der Waals surface area contributed by atoms with Gasteiger partial charge in [0.1, 0.15) is 0 Å². The number of rotatable bonds is 0. The van der Waals surface area contributed by atoms with Crippen molar-refractivity contribution in [3.63, 3.8) is 0 Å². The normalized spacial score (nSPS) is 59.7. The van der Waals surface area contributed by atoms with Crippen molar-refractivity contribution in [3.05, 3.63) is 0 Å². The number of fused-ring (bicyclic) bond motifs is 2. The first-order valence-electron chi connectivity index (χ1n) is 3.81. The van der Waals surface area contributed by atoms with Crippen LogP contribution in [0.2, 0.25) is 0 Å². The van der Waals surface area contributed by atoms with Crippen molar-refractivity contribution in [3.8, 4) is 0 Å². The van der Waals surface area contributed by atoms with E-state index in [2.05, 4.69) is 6.92 Å². The molecule has 2 rings (SSSR count). The summed E-state index contributed by atoms with van der Waals surface area (Å²) in [5.41, 5.74) is 11.8. The molecule has 0 aromatic heterocycles. The van der Waals surface area contributed by atoms with Crippen molar-refractivity contribution < 1.29 is 0 Å². The van der Waals surface area contributed by atoms with Crippen molar-refractivity contribution in [2.45, 2.75) is 41.8 Å². The van der Waals surface area contributed by atoms with Gasteiger partial charge >= 0.3 is 0 Å². The molecule has 2 aliphatic rings. The van der Waals surface area contributed by atoms with Gasteiger partial charge in [-0.3, -0.25) is 0 Å². The van der Waals surface area contributed by atoms with E-state index in [0.29, 0.717) is 22.1 Å². The molecule has 4 N–H and O–H groups in total. The maximum absolute atomic E-state index is 5.94. The van der Waals surface area contributed by atoms with Crippen LogP contribution in [-0.4, -0.2) is 22.1 Å². The van der Waals surface area contributed by atoms with Crippen LogP contribution in [0, 0.1) is 0 Å². The van der Waals surface area contributed by atoms with Crippen LogP contribution in [0.3, 0.4) is 0 Å². The summed E-state index contributed by atoms with van der Waals surface area (Å²) in [6.45, 7) is 2.25. The Morgan fingerprint density at radius 3 is 2.50 bits per heavy atom. The van der Waals surface area contributed by atoms with Gasteiger partial charge in [0.15, 0.2) is 0 Å². The second kappa shape index (κ2) is 1.90. The number of thioether (sulfide) groups is 1. The summed E-state index contributed by atoms with van der Waals surface area (Å²) in [6, 6.07) is 0.803. The van der Waals surface area contributed by atoms with E-state index in [1.54, 1.807) is 0 Å². The Hall–Kier alpha value is 0.270. The number of nitrogens with two attached hydrogens (primary N) is 2. The van der Waals surface area contributed by atoms with Crippen molar-refractivity contribution in [1.29, 1.82) is 0 Å². The molecule has 58 valence electrons. The first kappa shape index (κ1) is 6.95. The summed E-state index contributed by atoms with van der Waals surface area (Å²) in [6.07, 6.45) is 2.24. The molecule has 0 aliphatic carbocycles. The molecule has 2 bridgehead atoms. The highest BCUT2D eigenvalue weighted by atomic mass is 32.2. The lowest BCUT2D eigenvalue weighted by Crippen LogP contribution is -2.46. The van der Waals surface area contributed by atoms with Gasteiger partial charge in [0.25, 0.3) is 0 Å². The summed E-state index contributed by atoms with van der Waals surface area (Å²) >= 11 is 2.00. The summed E-state index contributed by atoms with van der Waals surface area (Å²) in [7, 11) is 0. The van der Waals surface area contributed by atoms with E-state index in [1.807, 2.05) is 11.8 Å². The molecule has 0 radical (unpaired) electrons. The molecule has 2 saturated heterocycles. The second-order valence-electron chi connectivity index (χ2n) is 3.68. The number of hydrogen-bond donors (Lipinski definition) is 2. The minimum absolute atomic E-state index is 0.310.